The maximum atomic E-state index is 5.18. The fraction of sp³-hybridized carbons (Fsp3) is 0.400. The second kappa shape index (κ2) is 5.20. The summed E-state index contributed by atoms with van der Waals surface area (Å²) in [5, 5.41) is 1.13. The van der Waals surface area contributed by atoms with E-state index in [1.54, 1.807) is 0 Å². The van der Waals surface area contributed by atoms with E-state index in [0.29, 0.717) is 0 Å². The van der Waals surface area contributed by atoms with Crippen LogP contribution in [0.3, 0.4) is 0 Å². The van der Waals surface area contributed by atoms with E-state index in [0.717, 1.165) is 17.7 Å². The van der Waals surface area contributed by atoms with E-state index < -0.39 is 0 Å². The highest BCUT2D eigenvalue weighted by Gasteiger charge is 2.03. The molecule has 0 N–H and O–H groups in total. The Balaban J connectivity index is 0.000000157. The van der Waals surface area contributed by atoms with E-state index in [1.165, 1.54) is 12.0 Å². The van der Waals surface area contributed by atoms with Gasteiger partial charge in [-0.1, -0.05) is 35.0 Å². The van der Waals surface area contributed by atoms with E-state index in [2.05, 4.69) is 35.0 Å². The van der Waals surface area contributed by atoms with Crippen molar-refractivity contribution in [3.8, 4) is 5.75 Å². The first-order valence-corrected chi connectivity index (χ1v) is 5.26. The molecule has 2 rings (SSSR count). The predicted octanol–water partition coefficient (Wildman–Crippen LogP) is 3.37. The monoisotopic (exact) mass is 228 g/mol. The maximum absolute atomic E-state index is 5.18. The molecule has 2 heteroatoms. The Kier molecular flexibility index (Phi) is 4.15. The van der Waals surface area contributed by atoms with Crippen molar-refractivity contribution in [3.63, 3.8) is 0 Å². The third-order valence-electron chi connectivity index (χ3n) is 1.49. The molecule has 1 aromatic rings. The fourth-order valence-electron chi connectivity index (χ4n) is 0.892. The average Bonchev–Trinajstić information content (AvgIpc) is 2.46. The number of ether oxygens (including phenoxy) is 1. The molecule has 0 spiro atoms. The first kappa shape index (κ1) is 9.59. The van der Waals surface area contributed by atoms with Crippen LogP contribution in [0.2, 0.25) is 0 Å². The van der Waals surface area contributed by atoms with Gasteiger partial charge in [-0.2, -0.15) is 0 Å². The standard InChI is InChI=1S/C7H6O.C3H7Br/c1-2-6-4-7(3-1)8-5-6;1-2-3-4/h1-4H,5H2;2-3H2,1H3. The second-order valence-corrected chi connectivity index (χ2v) is 3.42. The van der Waals surface area contributed by atoms with Gasteiger partial charge in [-0.05, 0) is 24.1 Å². The van der Waals surface area contributed by atoms with Crippen molar-refractivity contribution >= 4 is 15.9 Å². The lowest BCUT2D eigenvalue weighted by Gasteiger charge is -1.88. The Hall–Kier alpha value is -0.500. The average molecular weight is 229 g/mol. The lowest BCUT2D eigenvalue weighted by atomic mass is 10.2. The molecular formula is C10H13BrO. The summed E-state index contributed by atoms with van der Waals surface area (Å²) in [6.07, 6.45) is 1.24. The molecule has 1 aliphatic rings. The maximum Gasteiger partial charge on any atom is 0.120 e. The van der Waals surface area contributed by atoms with Gasteiger partial charge in [0.25, 0.3) is 0 Å². The molecule has 1 heterocycles. The quantitative estimate of drug-likeness (QED) is 0.671. The van der Waals surface area contributed by atoms with Crippen molar-refractivity contribution in [3.05, 3.63) is 29.8 Å². The Morgan fingerprint density at radius 3 is 2.75 bits per heavy atom. The van der Waals surface area contributed by atoms with Gasteiger partial charge in [0.1, 0.15) is 12.4 Å². The molecule has 0 unspecified atom stereocenters. The lowest BCUT2D eigenvalue weighted by molar-refractivity contribution is 0.328. The van der Waals surface area contributed by atoms with E-state index in [1.807, 2.05) is 12.1 Å². The number of hydrogen-bond donors (Lipinski definition) is 0. The van der Waals surface area contributed by atoms with Crippen LogP contribution in [0.1, 0.15) is 18.9 Å². The first-order valence-electron chi connectivity index (χ1n) is 4.14. The summed E-state index contributed by atoms with van der Waals surface area (Å²) in [6, 6.07) is 8.10. The smallest absolute Gasteiger partial charge is 0.120 e. The van der Waals surface area contributed by atoms with Crippen molar-refractivity contribution in [2.24, 2.45) is 0 Å². The number of hydrogen-bond acceptors (Lipinski definition) is 1. The largest absolute Gasteiger partial charge is 0.489 e. The van der Waals surface area contributed by atoms with Crippen molar-refractivity contribution in [1.29, 1.82) is 0 Å². The first-order chi connectivity index (χ1) is 5.86. The van der Waals surface area contributed by atoms with Crippen LogP contribution in [0.4, 0.5) is 0 Å². The minimum Gasteiger partial charge on any atom is -0.489 e. The van der Waals surface area contributed by atoms with E-state index in [4.69, 9.17) is 4.74 Å². The zero-order valence-corrected chi connectivity index (χ0v) is 8.80. The summed E-state index contributed by atoms with van der Waals surface area (Å²) < 4.78 is 5.18. The normalized spacial score (nSPS) is 11.5. The van der Waals surface area contributed by atoms with Crippen LogP contribution < -0.4 is 4.74 Å². The summed E-state index contributed by atoms with van der Waals surface area (Å²) in [5.41, 5.74) is 1.28. The van der Waals surface area contributed by atoms with Gasteiger partial charge in [-0.25, -0.2) is 0 Å². The topological polar surface area (TPSA) is 9.23 Å². The van der Waals surface area contributed by atoms with Crippen LogP contribution in [-0.4, -0.2) is 5.33 Å². The number of fused-ring (bicyclic) bond motifs is 2. The molecular weight excluding hydrogens is 216 g/mol. The summed E-state index contributed by atoms with van der Waals surface area (Å²) in [6.45, 7) is 2.90. The molecule has 12 heavy (non-hydrogen) atoms. The highest BCUT2D eigenvalue weighted by molar-refractivity contribution is 9.09. The molecule has 0 saturated carbocycles. The summed E-state index contributed by atoms with van der Waals surface area (Å²) in [4.78, 5) is 0. The van der Waals surface area contributed by atoms with Crippen LogP contribution >= 0.6 is 15.9 Å². The highest BCUT2D eigenvalue weighted by atomic mass is 79.9. The van der Waals surface area contributed by atoms with Crippen molar-refractivity contribution < 1.29 is 4.74 Å². The van der Waals surface area contributed by atoms with Gasteiger partial charge in [0.15, 0.2) is 0 Å². The third kappa shape index (κ3) is 2.86. The molecule has 0 saturated heterocycles. The van der Waals surface area contributed by atoms with Crippen molar-refractivity contribution in [2.75, 3.05) is 5.33 Å². The SMILES string of the molecule is CCCBr.c1cc2cc(c1)OC2. The summed E-state index contributed by atoms with van der Waals surface area (Å²) in [7, 11) is 0. The Morgan fingerprint density at radius 1 is 1.50 bits per heavy atom. The van der Waals surface area contributed by atoms with Gasteiger partial charge in [0, 0.05) is 5.33 Å². The highest BCUT2D eigenvalue weighted by Crippen LogP contribution is 2.20. The summed E-state index contributed by atoms with van der Waals surface area (Å²) in [5.74, 6) is 1.00. The molecule has 1 aromatic carbocycles. The van der Waals surface area contributed by atoms with Crippen LogP contribution in [0.25, 0.3) is 0 Å². The van der Waals surface area contributed by atoms with Gasteiger partial charge in [0.05, 0.1) is 0 Å². The van der Waals surface area contributed by atoms with E-state index >= 15 is 0 Å². The molecule has 0 radical (unpaired) electrons. The molecule has 2 bridgehead atoms. The van der Waals surface area contributed by atoms with E-state index in [-0.39, 0.29) is 0 Å². The van der Waals surface area contributed by atoms with Crippen molar-refractivity contribution in [2.45, 2.75) is 20.0 Å². The molecule has 0 aliphatic carbocycles. The molecule has 0 atom stereocenters. The summed E-state index contributed by atoms with van der Waals surface area (Å²) >= 11 is 3.25. The van der Waals surface area contributed by atoms with Gasteiger partial charge in [-0.3, -0.25) is 0 Å². The second-order valence-electron chi connectivity index (χ2n) is 2.63. The molecule has 66 valence electrons. The molecule has 0 fully saturated rings. The molecule has 1 nitrogen and oxygen atoms in total. The minimum absolute atomic E-state index is 0.766. The zero-order valence-electron chi connectivity index (χ0n) is 7.22. The van der Waals surface area contributed by atoms with Crippen LogP contribution in [-0.2, 0) is 6.61 Å². The van der Waals surface area contributed by atoms with Crippen LogP contribution in [0, 0.1) is 0 Å². The van der Waals surface area contributed by atoms with Gasteiger partial charge >= 0.3 is 0 Å². The third-order valence-corrected chi connectivity index (χ3v) is 2.29. The number of alkyl halides is 1. The Bertz CT molecular complexity index is 214. The predicted molar refractivity (Wildman–Crippen MR) is 54.9 cm³/mol. The Labute approximate surface area is 81.9 Å². The van der Waals surface area contributed by atoms with Crippen LogP contribution in [0.5, 0.6) is 5.75 Å². The molecule has 0 aromatic heterocycles. The fourth-order valence-corrected chi connectivity index (χ4v) is 0.892. The zero-order chi connectivity index (χ0) is 8.81. The van der Waals surface area contributed by atoms with E-state index in [9.17, 15) is 0 Å². The molecule has 1 aliphatic heterocycles. The van der Waals surface area contributed by atoms with Crippen molar-refractivity contribution in [1.82, 2.24) is 0 Å². The van der Waals surface area contributed by atoms with Gasteiger partial charge in [0.2, 0.25) is 0 Å². The molecule has 0 amide bonds. The van der Waals surface area contributed by atoms with Crippen LogP contribution in [0.15, 0.2) is 24.3 Å². The Morgan fingerprint density at radius 2 is 2.25 bits per heavy atom. The lowest BCUT2D eigenvalue weighted by Crippen LogP contribution is -1.80. The number of benzene rings is 1. The minimum atomic E-state index is 0.766. The number of halogens is 1. The van der Waals surface area contributed by atoms with Gasteiger partial charge in [-0.15, -0.1) is 0 Å². The number of rotatable bonds is 1. The van der Waals surface area contributed by atoms with Gasteiger partial charge < -0.3 is 4.74 Å².